The molecule has 2 rings (SSSR count). The molecule has 162 valence electrons. The summed E-state index contributed by atoms with van der Waals surface area (Å²) in [4.78, 5) is 23.4. The molecule has 0 amide bonds. The lowest BCUT2D eigenvalue weighted by molar-refractivity contribution is -0.143. The fourth-order valence-corrected chi connectivity index (χ4v) is 2.89. The third kappa shape index (κ3) is 8.66. The van der Waals surface area contributed by atoms with Crippen molar-refractivity contribution in [2.45, 2.75) is 51.6 Å². The van der Waals surface area contributed by atoms with Crippen molar-refractivity contribution in [3.05, 3.63) is 70.3 Å². The molecule has 0 fully saturated rings. The van der Waals surface area contributed by atoms with Gasteiger partial charge in [0.2, 0.25) is 11.2 Å². The molecule has 1 N–H and O–H groups in total. The third-order valence-corrected chi connectivity index (χ3v) is 4.48. The van der Waals surface area contributed by atoms with E-state index in [1.54, 1.807) is 19.1 Å². The lowest BCUT2D eigenvalue weighted by Crippen LogP contribution is -2.10. The van der Waals surface area contributed by atoms with Crippen LogP contribution in [0.3, 0.4) is 0 Å². The summed E-state index contributed by atoms with van der Waals surface area (Å²) in [5.41, 5.74) is 0.884. The molecule has 1 aromatic heterocycles. The van der Waals surface area contributed by atoms with Crippen LogP contribution in [0.5, 0.6) is 5.75 Å². The predicted octanol–water partition coefficient (Wildman–Crippen LogP) is 4.15. The van der Waals surface area contributed by atoms with Crippen LogP contribution in [0.15, 0.2) is 57.9 Å². The summed E-state index contributed by atoms with van der Waals surface area (Å²) in [7, 11) is 0. The quantitative estimate of drug-likeness (QED) is 0.391. The lowest BCUT2D eigenvalue weighted by Gasteiger charge is -2.08. The molecule has 0 saturated heterocycles. The molecule has 6 nitrogen and oxygen atoms in total. The Hall–Kier alpha value is -2.86. The SMILES string of the molecule is CCOC(=O)CCCCCOc1c(/C=C/C(O)CCc2ccccc2)occc1=O. The van der Waals surface area contributed by atoms with E-state index in [4.69, 9.17) is 13.9 Å². The molecule has 6 heteroatoms. The highest BCUT2D eigenvalue weighted by atomic mass is 16.5. The van der Waals surface area contributed by atoms with Gasteiger partial charge in [0.25, 0.3) is 0 Å². The number of aryl methyl sites for hydroxylation is 1. The first-order valence-corrected chi connectivity index (χ1v) is 10.4. The van der Waals surface area contributed by atoms with Crippen molar-refractivity contribution in [2.75, 3.05) is 13.2 Å². The summed E-state index contributed by atoms with van der Waals surface area (Å²) in [6.45, 7) is 2.52. The Morgan fingerprint density at radius 1 is 1.17 bits per heavy atom. The van der Waals surface area contributed by atoms with E-state index in [0.717, 1.165) is 18.4 Å². The molecular formula is C24H30O6. The zero-order chi connectivity index (χ0) is 21.6. The van der Waals surface area contributed by atoms with Gasteiger partial charge in [-0.3, -0.25) is 9.59 Å². The number of unbranched alkanes of at least 4 members (excludes halogenated alkanes) is 2. The van der Waals surface area contributed by atoms with Gasteiger partial charge in [-0.05, 0) is 50.7 Å². The summed E-state index contributed by atoms with van der Waals surface area (Å²) in [5.74, 6) is 0.225. The van der Waals surface area contributed by atoms with Crippen LogP contribution < -0.4 is 10.2 Å². The number of hydrogen-bond donors (Lipinski definition) is 1. The zero-order valence-electron chi connectivity index (χ0n) is 17.4. The van der Waals surface area contributed by atoms with Gasteiger partial charge in [0.15, 0.2) is 5.76 Å². The molecule has 0 aliphatic heterocycles. The number of rotatable bonds is 13. The van der Waals surface area contributed by atoms with Gasteiger partial charge in [-0.1, -0.05) is 36.4 Å². The summed E-state index contributed by atoms with van der Waals surface area (Å²) in [6, 6.07) is 11.2. The Kier molecular flexibility index (Phi) is 10.4. The van der Waals surface area contributed by atoms with Gasteiger partial charge in [-0.2, -0.15) is 0 Å². The number of ether oxygens (including phenoxy) is 2. The number of aliphatic hydroxyl groups is 1. The zero-order valence-corrected chi connectivity index (χ0v) is 17.4. The second kappa shape index (κ2) is 13.4. The van der Waals surface area contributed by atoms with Crippen LogP contribution in [-0.4, -0.2) is 30.4 Å². The van der Waals surface area contributed by atoms with Crippen LogP contribution in [0.25, 0.3) is 6.08 Å². The first-order valence-electron chi connectivity index (χ1n) is 10.4. The molecule has 1 heterocycles. The smallest absolute Gasteiger partial charge is 0.305 e. The highest BCUT2D eigenvalue weighted by Crippen LogP contribution is 2.17. The molecule has 0 aliphatic rings. The third-order valence-electron chi connectivity index (χ3n) is 4.48. The minimum absolute atomic E-state index is 0.134. The van der Waals surface area contributed by atoms with Gasteiger partial charge in [-0.25, -0.2) is 0 Å². The van der Waals surface area contributed by atoms with Crippen molar-refractivity contribution in [2.24, 2.45) is 0 Å². The van der Waals surface area contributed by atoms with E-state index in [2.05, 4.69) is 0 Å². The summed E-state index contributed by atoms with van der Waals surface area (Å²) >= 11 is 0. The van der Waals surface area contributed by atoms with E-state index in [0.29, 0.717) is 38.9 Å². The van der Waals surface area contributed by atoms with Gasteiger partial charge in [0.05, 0.1) is 25.6 Å². The molecule has 0 radical (unpaired) electrons. The first-order chi connectivity index (χ1) is 14.6. The maximum absolute atomic E-state index is 12.1. The number of carbonyl (C=O) groups is 1. The van der Waals surface area contributed by atoms with E-state index in [1.807, 2.05) is 30.3 Å². The number of carbonyl (C=O) groups excluding carboxylic acids is 1. The number of hydrogen-bond acceptors (Lipinski definition) is 6. The Morgan fingerprint density at radius 2 is 1.97 bits per heavy atom. The molecule has 30 heavy (non-hydrogen) atoms. The van der Waals surface area contributed by atoms with E-state index in [1.165, 1.54) is 12.3 Å². The van der Waals surface area contributed by atoms with E-state index < -0.39 is 6.10 Å². The molecule has 0 aliphatic carbocycles. The molecule has 0 spiro atoms. The fraction of sp³-hybridized carbons (Fsp3) is 0.417. The highest BCUT2D eigenvalue weighted by Gasteiger charge is 2.10. The highest BCUT2D eigenvalue weighted by molar-refractivity contribution is 5.69. The summed E-state index contributed by atoms with van der Waals surface area (Å²) in [5, 5.41) is 10.2. The minimum atomic E-state index is -0.661. The van der Waals surface area contributed by atoms with E-state index in [9.17, 15) is 14.7 Å². The number of aliphatic hydroxyl groups excluding tert-OH is 1. The number of esters is 1. The molecule has 1 atom stereocenters. The van der Waals surface area contributed by atoms with Crippen molar-refractivity contribution in [1.82, 2.24) is 0 Å². The molecule has 1 unspecified atom stereocenters. The van der Waals surface area contributed by atoms with Gasteiger partial charge >= 0.3 is 5.97 Å². The Labute approximate surface area is 177 Å². The van der Waals surface area contributed by atoms with Gasteiger partial charge < -0.3 is 19.0 Å². The largest absolute Gasteiger partial charge is 0.486 e. The molecule has 1 aromatic carbocycles. The van der Waals surface area contributed by atoms with Crippen LogP contribution in [0.1, 0.15) is 50.4 Å². The standard InChI is InChI=1S/C24H30O6/c1-2-28-23(27)11-7-4-8-17-30-24-21(26)16-18-29-22(24)15-14-20(25)13-12-19-9-5-3-6-10-19/h3,5-6,9-10,14-16,18,20,25H,2,4,7-8,11-13,17H2,1H3/b15-14+. The first kappa shape index (κ1) is 23.4. The van der Waals surface area contributed by atoms with Gasteiger partial charge in [0.1, 0.15) is 0 Å². The van der Waals surface area contributed by atoms with Crippen molar-refractivity contribution in [3.8, 4) is 5.75 Å². The second-order valence-corrected chi connectivity index (χ2v) is 6.89. The normalized spacial score (nSPS) is 12.1. The van der Waals surface area contributed by atoms with Crippen LogP contribution in [-0.2, 0) is 16.0 Å². The van der Waals surface area contributed by atoms with Crippen LogP contribution in [0.2, 0.25) is 0 Å². The van der Waals surface area contributed by atoms with Gasteiger partial charge in [0, 0.05) is 12.5 Å². The van der Waals surface area contributed by atoms with E-state index in [-0.39, 0.29) is 22.9 Å². The van der Waals surface area contributed by atoms with Crippen LogP contribution in [0.4, 0.5) is 0 Å². The number of benzene rings is 1. The topological polar surface area (TPSA) is 86.0 Å². The average Bonchev–Trinajstić information content (AvgIpc) is 2.75. The van der Waals surface area contributed by atoms with Crippen molar-refractivity contribution in [3.63, 3.8) is 0 Å². The van der Waals surface area contributed by atoms with E-state index >= 15 is 0 Å². The van der Waals surface area contributed by atoms with Crippen LogP contribution in [0, 0.1) is 0 Å². The molecule has 2 aromatic rings. The lowest BCUT2D eigenvalue weighted by atomic mass is 10.1. The van der Waals surface area contributed by atoms with Crippen molar-refractivity contribution in [1.29, 1.82) is 0 Å². The minimum Gasteiger partial charge on any atom is -0.486 e. The second-order valence-electron chi connectivity index (χ2n) is 6.89. The molecule has 0 saturated carbocycles. The van der Waals surface area contributed by atoms with Crippen LogP contribution >= 0.6 is 0 Å². The maximum Gasteiger partial charge on any atom is 0.305 e. The summed E-state index contributed by atoms with van der Waals surface area (Å²) in [6.07, 6.45) is 7.74. The average molecular weight is 414 g/mol. The van der Waals surface area contributed by atoms with Crippen molar-refractivity contribution >= 4 is 12.0 Å². The monoisotopic (exact) mass is 414 g/mol. The van der Waals surface area contributed by atoms with Gasteiger partial charge in [-0.15, -0.1) is 0 Å². The maximum atomic E-state index is 12.1. The molecular weight excluding hydrogens is 384 g/mol. The Balaban J connectivity index is 1.81. The predicted molar refractivity (Wildman–Crippen MR) is 115 cm³/mol. The van der Waals surface area contributed by atoms with Crippen molar-refractivity contribution < 1.29 is 23.8 Å². The fourth-order valence-electron chi connectivity index (χ4n) is 2.89. The summed E-state index contributed by atoms with van der Waals surface area (Å²) < 4.78 is 15.9. The Bertz CT molecular complexity index is 840. The Morgan fingerprint density at radius 3 is 2.73 bits per heavy atom. The molecule has 0 bridgehead atoms.